The zero-order chi connectivity index (χ0) is 26.4. The quantitative estimate of drug-likeness (QED) is 0.499. The second-order valence-electron chi connectivity index (χ2n) is 9.44. The van der Waals surface area contributed by atoms with Crippen molar-refractivity contribution >= 4 is 39.1 Å². The van der Waals surface area contributed by atoms with Gasteiger partial charge in [-0.25, -0.2) is 12.8 Å². The highest BCUT2D eigenvalue weighted by Gasteiger charge is 2.29. The van der Waals surface area contributed by atoms with Crippen LogP contribution in [0.4, 0.5) is 10.1 Å². The molecular formula is C25H33ClFN3O4S. The fraction of sp³-hybridized carbons (Fsp3) is 0.440. The monoisotopic (exact) mass is 525 g/mol. The third-order valence-electron chi connectivity index (χ3n) is 5.23. The average molecular weight is 526 g/mol. The zero-order valence-corrected chi connectivity index (χ0v) is 22.3. The first-order valence-corrected chi connectivity index (χ1v) is 13.5. The molecule has 7 nitrogen and oxygen atoms in total. The van der Waals surface area contributed by atoms with Crippen molar-refractivity contribution in [2.75, 3.05) is 17.1 Å². The van der Waals surface area contributed by atoms with Crippen LogP contribution in [0.5, 0.6) is 0 Å². The Labute approximate surface area is 212 Å². The molecule has 2 aromatic carbocycles. The maximum absolute atomic E-state index is 14.3. The predicted molar refractivity (Wildman–Crippen MR) is 137 cm³/mol. The summed E-state index contributed by atoms with van der Waals surface area (Å²) in [6.07, 6.45) is 1.27. The van der Waals surface area contributed by atoms with Crippen LogP contribution in [-0.2, 0) is 26.2 Å². The minimum Gasteiger partial charge on any atom is -0.350 e. The number of amides is 2. The molecule has 2 aromatic rings. The molecule has 0 fully saturated rings. The van der Waals surface area contributed by atoms with Gasteiger partial charge in [-0.2, -0.15) is 0 Å². The smallest absolute Gasteiger partial charge is 0.242 e. The number of benzene rings is 2. The number of nitrogens with zero attached hydrogens (tertiary/aromatic N) is 2. The molecule has 192 valence electrons. The van der Waals surface area contributed by atoms with Gasteiger partial charge < -0.3 is 10.2 Å². The van der Waals surface area contributed by atoms with Crippen molar-refractivity contribution in [2.45, 2.75) is 58.7 Å². The average Bonchev–Trinajstić information content (AvgIpc) is 2.74. The second kappa shape index (κ2) is 11.9. The van der Waals surface area contributed by atoms with Crippen LogP contribution in [0.2, 0.25) is 5.02 Å². The molecule has 10 heteroatoms. The third-order valence-corrected chi connectivity index (χ3v) is 6.68. The van der Waals surface area contributed by atoms with Gasteiger partial charge in [0.15, 0.2) is 0 Å². The van der Waals surface area contributed by atoms with Gasteiger partial charge in [-0.1, -0.05) is 29.8 Å². The number of carbonyl (C=O) groups is 2. The molecule has 35 heavy (non-hydrogen) atoms. The van der Waals surface area contributed by atoms with Gasteiger partial charge in [0.05, 0.1) is 11.9 Å². The first-order chi connectivity index (χ1) is 16.2. The molecule has 0 aliphatic rings. The van der Waals surface area contributed by atoms with Gasteiger partial charge >= 0.3 is 0 Å². The number of anilines is 1. The van der Waals surface area contributed by atoms with Crippen molar-refractivity contribution < 1.29 is 22.4 Å². The van der Waals surface area contributed by atoms with Crippen molar-refractivity contribution in [1.29, 1.82) is 0 Å². The molecule has 1 N–H and O–H groups in total. The lowest BCUT2D eigenvalue weighted by Gasteiger charge is -2.32. The van der Waals surface area contributed by atoms with E-state index < -0.39 is 27.4 Å². The molecular weight excluding hydrogens is 493 g/mol. The number of rotatable bonds is 10. The number of nitrogens with one attached hydrogen (secondary N) is 1. The van der Waals surface area contributed by atoms with Crippen LogP contribution in [-0.4, -0.2) is 49.5 Å². The van der Waals surface area contributed by atoms with Crippen LogP contribution in [0.3, 0.4) is 0 Å². The lowest BCUT2D eigenvalue weighted by molar-refractivity contribution is -0.141. The Hall–Kier alpha value is -2.65. The highest BCUT2D eigenvalue weighted by atomic mass is 35.5. The Morgan fingerprint density at radius 1 is 1.09 bits per heavy atom. The van der Waals surface area contributed by atoms with Crippen LogP contribution >= 0.6 is 11.6 Å². The van der Waals surface area contributed by atoms with Crippen molar-refractivity contribution in [3.05, 3.63) is 64.9 Å². The van der Waals surface area contributed by atoms with Crippen LogP contribution in [0.15, 0.2) is 48.5 Å². The van der Waals surface area contributed by atoms with Gasteiger partial charge in [-0.15, -0.1) is 0 Å². The van der Waals surface area contributed by atoms with Gasteiger partial charge in [0.25, 0.3) is 0 Å². The van der Waals surface area contributed by atoms with Gasteiger partial charge in [0.1, 0.15) is 11.9 Å². The highest BCUT2D eigenvalue weighted by Crippen LogP contribution is 2.22. The summed E-state index contributed by atoms with van der Waals surface area (Å²) in [6, 6.07) is 11.6. The molecule has 0 radical (unpaired) electrons. The number of sulfonamides is 1. The molecule has 0 bridgehead atoms. The Kier molecular flexibility index (Phi) is 9.68. The van der Waals surface area contributed by atoms with Crippen molar-refractivity contribution in [3.8, 4) is 0 Å². The Balaban J connectivity index is 2.19. The number of carbonyl (C=O) groups excluding carboxylic acids is 2. The summed E-state index contributed by atoms with van der Waals surface area (Å²) in [5.74, 6) is -1.21. The summed E-state index contributed by atoms with van der Waals surface area (Å²) < 4.78 is 40.2. The van der Waals surface area contributed by atoms with E-state index in [0.717, 1.165) is 6.26 Å². The number of halogens is 2. The molecule has 2 amide bonds. The Morgan fingerprint density at radius 3 is 2.23 bits per heavy atom. The van der Waals surface area contributed by atoms with E-state index in [-0.39, 0.29) is 43.3 Å². The summed E-state index contributed by atoms with van der Waals surface area (Å²) in [7, 11) is -3.60. The minimum absolute atomic E-state index is 0.0266. The van der Waals surface area contributed by atoms with Crippen LogP contribution < -0.4 is 9.62 Å². The van der Waals surface area contributed by atoms with Crippen molar-refractivity contribution in [2.24, 2.45) is 0 Å². The fourth-order valence-corrected chi connectivity index (χ4v) is 4.57. The van der Waals surface area contributed by atoms with Crippen molar-refractivity contribution in [3.63, 3.8) is 0 Å². The van der Waals surface area contributed by atoms with E-state index in [1.807, 2.05) is 20.8 Å². The predicted octanol–water partition coefficient (Wildman–Crippen LogP) is 4.36. The lowest BCUT2D eigenvalue weighted by atomic mass is 10.1. The second-order valence-corrected chi connectivity index (χ2v) is 11.8. The van der Waals surface area contributed by atoms with Crippen LogP contribution in [0.25, 0.3) is 0 Å². The third kappa shape index (κ3) is 8.81. The molecule has 0 saturated carbocycles. The normalized spacial score (nSPS) is 12.7. The first kappa shape index (κ1) is 28.6. The summed E-state index contributed by atoms with van der Waals surface area (Å²) in [6.45, 7) is 7.06. The van der Waals surface area contributed by atoms with Gasteiger partial charge in [-0.05, 0) is 64.4 Å². The fourth-order valence-electron chi connectivity index (χ4n) is 3.48. The van der Waals surface area contributed by atoms with Crippen molar-refractivity contribution in [1.82, 2.24) is 10.2 Å². The summed E-state index contributed by atoms with van der Waals surface area (Å²) >= 11 is 5.91. The zero-order valence-electron chi connectivity index (χ0n) is 20.7. The summed E-state index contributed by atoms with van der Waals surface area (Å²) in [5, 5.41) is 3.33. The van der Waals surface area contributed by atoms with Gasteiger partial charge in [0.2, 0.25) is 21.8 Å². The van der Waals surface area contributed by atoms with E-state index in [0.29, 0.717) is 10.7 Å². The number of hydrogen-bond donors (Lipinski definition) is 1. The molecule has 0 aliphatic carbocycles. The molecule has 0 heterocycles. The van der Waals surface area contributed by atoms with Crippen LogP contribution in [0, 0.1) is 5.82 Å². The maximum atomic E-state index is 14.3. The lowest BCUT2D eigenvalue weighted by Crippen LogP contribution is -2.52. The molecule has 1 atom stereocenters. The molecule has 0 saturated heterocycles. The molecule has 2 rings (SSSR count). The van der Waals surface area contributed by atoms with E-state index in [1.54, 1.807) is 49.4 Å². The van der Waals surface area contributed by atoms with Crippen LogP contribution in [0.1, 0.15) is 46.1 Å². The van der Waals surface area contributed by atoms with E-state index in [2.05, 4.69) is 5.32 Å². The molecule has 0 aromatic heterocycles. The minimum atomic E-state index is -3.60. The molecule has 0 spiro atoms. The molecule has 0 unspecified atom stereocenters. The first-order valence-electron chi connectivity index (χ1n) is 11.3. The molecule has 0 aliphatic heterocycles. The Morgan fingerprint density at radius 2 is 1.69 bits per heavy atom. The topological polar surface area (TPSA) is 86.8 Å². The van der Waals surface area contributed by atoms with E-state index >= 15 is 0 Å². The number of hydrogen-bond acceptors (Lipinski definition) is 4. The standard InChI is InChI=1S/C25H33ClFN3O4S/c1-18(24(32)28-25(2,3)4)29(17-19-9-6-7-10-22(19)27)23(31)11-8-16-30(35(5,33)34)21-14-12-20(26)13-15-21/h6-7,9-10,12-15,18H,8,11,16-17H2,1-5H3,(H,28,32)/t18-/m1/s1. The van der Waals surface area contributed by atoms with E-state index in [4.69, 9.17) is 11.6 Å². The van der Waals surface area contributed by atoms with E-state index in [9.17, 15) is 22.4 Å². The maximum Gasteiger partial charge on any atom is 0.242 e. The van der Waals surface area contributed by atoms with Gasteiger partial charge in [-0.3, -0.25) is 13.9 Å². The summed E-state index contributed by atoms with van der Waals surface area (Å²) in [5.41, 5.74) is 0.216. The van der Waals surface area contributed by atoms with E-state index in [1.165, 1.54) is 15.3 Å². The Bertz CT molecular complexity index is 1130. The summed E-state index contributed by atoms with van der Waals surface area (Å²) in [4.78, 5) is 27.4. The van der Waals surface area contributed by atoms with Gasteiger partial charge in [0, 0.05) is 35.6 Å². The highest BCUT2D eigenvalue weighted by molar-refractivity contribution is 7.92. The SMILES string of the molecule is C[C@H](C(=O)NC(C)(C)C)N(Cc1ccccc1F)C(=O)CCCN(c1ccc(Cl)cc1)S(C)(=O)=O. The largest absolute Gasteiger partial charge is 0.350 e.